The molecule has 1 fully saturated rings. The summed E-state index contributed by atoms with van der Waals surface area (Å²) in [6.07, 6.45) is 4.90. The molecule has 0 saturated carbocycles. The Bertz CT molecular complexity index is 738. The highest BCUT2D eigenvalue weighted by atomic mass is 32.1. The van der Waals surface area contributed by atoms with Crippen molar-refractivity contribution >= 4 is 29.0 Å². The Hall–Kier alpha value is -2.41. The number of anilines is 1. The van der Waals surface area contributed by atoms with Gasteiger partial charge in [0, 0.05) is 38.9 Å². The number of unbranched alkanes of at least 4 members (excludes halogenated alkanes) is 2. The van der Waals surface area contributed by atoms with E-state index in [1.165, 1.54) is 11.3 Å². The van der Waals surface area contributed by atoms with Gasteiger partial charge in [-0.3, -0.25) is 9.59 Å². The zero-order valence-corrected chi connectivity index (χ0v) is 16.5. The van der Waals surface area contributed by atoms with Crippen molar-refractivity contribution in [3.8, 4) is 0 Å². The number of piperazine rings is 1. The fourth-order valence-corrected chi connectivity index (χ4v) is 3.77. The maximum absolute atomic E-state index is 12.4. The SMILES string of the molecule is CCCCCNC(=O)c1ccc(N2CCN(C(=O)c3cccs3)CC2)nc1. The lowest BCUT2D eigenvalue weighted by Crippen LogP contribution is -2.48. The first kappa shape index (κ1) is 19.4. The van der Waals surface area contributed by atoms with Crippen molar-refractivity contribution in [1.82, 2.24) is 15.2 Å². The second kappa shape index (κ2) is 9.50. The van der Waals surface area contributed by atoms with E-state index in [4.69, 9.17) is 0 Å². The second-order valence-electron chi connectivity index (χ2n) is 6.62. The zero-order valence-electron chi connectivity index (χ0n) is 15.7. The molecule has 3 rings (SSSR count). The fraction of sp³-hybridized carbons (Fsp3) is 0.450. The number of carbonyl (C=O) groups is 2. The van der Waals surface area contributed by atoms with Crippen molar-refractivity contribution in [2.24, 2.45) is 0 Å². The van der Waals surface area contributed by atoms with E-state index in [0.29, 0.717) is 25.2 Å². The molecular formula is C20H26N4O2S. The van der Waals surface area contributed by atoms with E-state index in [2.05, 4.69) is 22.1 Å². The molecule has 6 nitrogen and oxygen atoms in total. The van der Waals surface area contributed by atoms with Gasteiger partial charge in [0.1, 0.15) is 5.82 Å². The van der Waals surface area contributed by atoms with Crippen LogP contribution in [0.5, 0.6) is 0 Å². The molecule has 144 valence electrons. The molecule has 0 aromatic carbocycles. The largest absolute Gasteiger partial charge is 0.353 e. The van der Waals surface area contributed by atoms with Crippen LogP contribution in [0.15, 0.2) is 35.8 Å². The van der Waals surface area contributed by atoms with Crippen LogP contribution in [0.4, 0.5) is 5.82 Å². The number of pyridine rings is 1. The summed E-state index contributed by atoms with van der Waals surface area (Å²) >= 11 is 1.48. The normalized spacial score (nSPS) is 14.3. The summed E-state index contributed by atoms with van der Waals surface area (Å²) in [5.74, 6) is 0.880. The van der Waals surface area contributed by atoms with E-state index in [1.54, 1.807) is 6.20 Å². The van der Waals surface area contributed by atoms with Gasteiger partial charge in [0.25, 0.3) is 11.8 Å². The first-order valence-electron chi connectivity index (χ1n) is 9.51. The molecule has 0 unspecified atom stereocenters. The number of nitrogens with one attached hydrogen (secondary N) is 1. The van der Waals surface area contributed by atoms with Gasteiger partial charge in [-0.25, -0.2) is 4.98 Å². The lowest BCUT2D eigenvalue weighted by Gasteiger charge is -2.35. The van der Waals surface area contributed by atoms with Crippen molar-refractivity contribution < 1.29 is 9.59 Å². The Kier molecular flexibility index (Phi) is 6.81. The van der Waals surface area contributed by atoms with Crippen LogP contribution in [0.3, 0.4) is 0 Å². The number of thiophene rings is 1. The van der Waals surface area contributed by atoms with Crippen molar-refractivity contribution in [3.63, 3.8) is 0 Å². The maximum Gasteiger partial charge on any atom is 0.264 e. The molecule has 0 radical (unpaired) electrons. The lowest BCUT2D eigenvalue weighted by molar-refractivity contribution is 0.0751. The van der Waals surface area contributed by atoms with E-state index >= 15 is 0 Å². The fourth-order valence-electron chi connectivity index (χ4n) is 3.08. The van der Waals surface area contributed by atoms with Gasteiger partial charge in [-0.2, -0.15) is 0 Å². The van der Waals surface area contributed by atoms with Crippen LogP contribution in [0.1, 0.15) is 46.2 Å². The minimum atomic E-state index is -0.0727. The quantitative estimate of drug-likeness (QED) is 0.743. The van der Waals surface area contributed by atoms with Crippen LogP contribution in [-0.4, -0.2) is 54.4 Å². The molecule has 1 aliphatic heterocycles. The van der Waals surface area contributed by atoms with E-state index in [-0.39, 0.29) is 11.8 Å². The maximum atomic E-state index is 12.4. The van der Waals surface area contributed by atoms with Gasteiger partial charge in [-0.1, -0.05) is 25.8 Å². The summed E-state index contributed by atoms with van der Waals surface area (Å²) in [5, 5.41) is 4.85. The van der Waals surface area contributed by atoms with Gasteiger partial charge in [-0.05, 0) is 30.0 Å². The third kappa shape index (κ3) is 5.07. The first-order valence-corrected chi connectivity index (χ1v) is 10.4. The second-order valence-corrected chi connectivity index (χ2v) is 7.57. The van der Waals surface area contributed by atoms with E-state index in [0.717, 1.165) is 43.0 Å². The van der Waals surface area contributed by atoms with E-state index < -0.39 is 0 Å². The van der Waals surface area contributed by atoms with Gasteiger partial charge < -0.3 is 15.1 Å². The molecule has 1 N–H and O–H groups in total. The Balaban J connectivity index is 1.50. The standard InChI is InChI=1S/C20H26N4O2S/c1-2-3-4-9-21-19(25)16-7-8-18(22-15-16)23-10-12-24(13-11-23)20(26)17-6-5-14-27-17/h5-8,14-15H,2-4,9-13H2,1H3,(H,21,25). The average Bonchev–Trinajstić information content (AvgIpc) is 3.26. The van der Waals surface area contributed by atoms with Crippen LogP contribution >= 0.6 is 11.3 Å². The minimum absolute atomic E-state index is 0.0727. The third-order valence-corrected chi connectivity index (χ3v) is 5.56. The summed E-state index contributed by atoms with van der Waals surface area (Å²) in [6.45, 7) is 5.69. The van der Waals surface area contributed by atoms with Crippen LogP contribution in [0, 0.1) is 0 Å². The summed E-state index contributed by atoms with van der Waals surface area (Å²) in [4.78, 5) is 33.8. The Morgan fingerprint density at radius 1 is 1.15 bits per heavy atom. The molecule has 0 spiro atoms. The first-order chi connectivity index (χ1) is 13.2. The molecule has 0 bridgehead atoms. The van der Waals surface area contributed by atoms with Gasteiger partial charge in [0.15, 0.2) is 0 Å². The van der Waals surface area contributed by atoms with Gasteiger partial charge >= 0.3 is 0 Å². The predicted octanol–water partition coefficient (Wildman–Crippen LogP) is 3.03. The smallest absolute Gasteiger partial charge is 0.264 e. The zero-order chi connectivity index (χ0) is 19.1. The Morgan fingerprint density at radius 3 is 2.59 bits per heavy atom. The predicted molar refractivity (Wildman–Crippen MR) is 109 cm³/mol. The lowest BCUT2D eigenvalue weighted by atomic mass is 10.2. The average molecular weight is 387 g/mol. The summed E-state index contributed by atoms with van der Waals surface area (Å²) < 4.78 is 0. The van der Waals surface area contributed by atoms with E-state index in [9.17, 15) is 9.59 Å². The Labute approximate surface area is 164 Å². The number of amides is 2. The van der Waals surface area contributed by atoms with Crippen LogP contribution in [0.2, 0.25) is 0 Å². The number of hydrogen-bond acceptors (Lipinski definition) is 5. The molecular weight excluding hydrogens is 360 g/mol. The van der Waals surface area contributed by atoms with Crippen molar-refractivity contribution in [3.05, 3.63) is 46.3 Å². The Morgan fingerprint density at radius 2 is 1.96 bits per heavy atom. The number of nitrogens with zero attached hydrogens (tertiary/aromatic N) is 3. The molecule has 7 heteroatoms. The highest BCUT2D eigenvalue weighted by molar-refractivity contribution is 7.12. The molecule has 27 heavy (non-hydrogen) atoms. The number of rotatable bonds is 7. The van der Waals surface area contributed by atoms with Gasteiger partial charge in [-0.15, -0.1) is 11.3 Å². The number of hydrogen-bond donors (Lipinski definition) is 1. The van der Waals surface area contributed by atoms with Crippen LogP contribution in [-0.2, 0) is 0 Å². The molecule has 0 atom stereocenters. The molecule has 1 saturated heterocycles. The topological polar surface area (TPSA) is 65.5 Å². The third-order valence-electron chi connectivity index (χ3n) is 4.70. The molecule has 3 heterocycles. The summed E-state index contributed by atoms with van der Waals surface area (Å²) in [7, 11) is 0. The molecule has 2 amide bonds. The van der Waals surface area contributed by atoms with Crippen molar-refractivity contribution in [2.45, 2.75) is 26.2 Å². The van der Waals surface area contributed by atoms with Crippen LogP contribution < -0.4 is 10.2 Å². The number of carbonyl (C=O) groups excluding carboxylic acids is 2. The van der Waals surface area contributed by atoms with Crippen molar-refractivity contribution in [2.75, 3.05) is 37.6 Å². The van der Waals surface area contributed by atoms with E-state index in [1.807, 2.05) is 34.5 Å². The highest BCUT2D eigenvalue weighted by Gasteiger charge is 2.23. The molecule has 1 aliphatic rings. The van der Waals surface area contributed by atoms with Crippen molar-refractivity contribution in [1.29, 1.82) is 0 Å². The van der Waals surface area contributed by atoms with Gasteiger partial charge in [0.2, 0.25) is 0 Å². The molecule has 2 aromatic rings. The molecule has 0 aliphatic carbocycles. The highest BCUT2D eigenvalue weighted by Crippen LogP contribution is 2.17. The number of aromatic nitrogens is 1. The summed E-state index contributed by atoms with van der Waals surface area (Å²) in [5.41, 5.74) is 0.585. The molecule has 2 aromatic heterocycles. The summed E-state index contributed by atoms with van der Waals surface area (Å²) in [6, 6.07) is 7.48. The van der Waals surface area contributed by atoms with Crippen LogP contribution in [0.25, 0.3) is 0 Å². The monoisotopic (exact) mass is 386 g/mol. The minimum Gasteiger partial charge on any atom is -0.353 e. The van der Waals surface area contributed by atoms with Gasteiger partial charge in [0.05, 0.1) is 10.4 Å².